The predicted octanol–water partition coefficient (Wildman–Crippen LogP) is 1.03. The average molecular weight is 354 g/mol. The molecule has 142 valence electrons. The number of nitrogens with zero attached hydrogens (tertiary/aromatic N) is 3. The molecule has 0 radical (unpaired) electrons. The zero-order valence-corrected chi connectivity index (χ0v) is 15.0. The Bertz CT molecular complexity index is 485. The van der Waals surface area contributed by atoms with Crippen molar-refractivity contribution in [2.45, 2.75) is 38.1 Å². The third-order valence-electron chi connectivity index (χ3n) is 3.90. The van der Waals surface area contributed by atoms with E-state index in [0.717, 1.165) is 12.8 Å². The van der Waals surface area contributed by atoms with Crippen molar-refractivity contribution in [3.63, 3.8) is 0 Å². The van der Waals surface area contributed by atoms with Gasteiger partial charge >= 0.3 is 6.01 Å². The summed E-state index contributed by atoms with van der Waals surface area (Å²) in [7, 11) is 1.55. The second-order valence-electron chi connectivity index (χ2n) is 5.89. The minimum absolute atomic E-state index is 0.298. The van der Waals surface area contributed by atoms with Gasteiger partial charge in [0.05, 0.1) is 33.5 Å². The summed E-state index contributed by atoms with van der Waals surface area (Å²) < 4.78 is 15.9. The Kier molecular flexibility index (Phi) is 9.24. The van der Waals surface area contributed by atoms with Gasteiger partial charge in [0.15, 0.2) is 0 Å². The molecule has 1 aromatic heterocycles. The molecule has 0 saturated heterocycles. The first kappa shape index (κ1) is 19.6. The van der Waals surface area contributed by atoms with Crippen molar-refractivity contribution in [2.24, 2.45) is 5.73 Å². The van der Waals surface area contributed by atoms with Crippen molar-refractivity contribution in [2.75, 3.05) is 57.3 Å². The maximum Gasteiger partial charge on any atom is 0.322 e. The summed E-state index contributed by atoms with van der Waals surface area (Å²) in [5.41, 5.74) is 5.34. The Morgan fingerprint density at radius 3 is 2.40 bits per heavy atom. The van der Waals surface area contributed by atoms with Crippen LogP contribution in [0.15, 0.2) is 0 Å². The van der Waals surface area contributed by atoms with Gasteiger partial charge in [0.1, 0.15) is 0 Å². The summed E-state index contributed by atoms with van der Waals surface area (Å²) in [4.78, 5) is 12.9. The monoisotopic (exact) mass is 354 g/mol. The van der Waals surface area contributed by atoms with E-state index in [1.54, 1.807) is 7.11 Å². The zero-order valence-electron chi connectivity index (χ0n) is 15.0. The minimum atomic E-state index is 0.298. The Balaban J connectivity index is 1.74. The highest BCUT2D eigenvalue weighted by molar-refractivity contribution is 5.36. The maximum absolute atomic E-state index is 5.46. The molecular weight excluding hydrogens is 324 g/mol. The Morgan fingerprint density at radius 1 is 0.960 bits per heavy atom. The minimum Gasteiger partial charge on any atom is -0.467 e. The molecule has 0 spiro atoms. The summed E-state index contributed by atoms with van der Waals surface area (Å²) in [5.74, 6) is 1.03. The van der Waals surface area contributed by atoms with E-state index < -0.39 is 0 Å². The molecule has 9 nitrogen and oxygen atoms in total. The molecule has 1 fully saturated rings. The van der Waals surface area contributed by atoms with Gasteiger partial charge in [-0.05, 0) is 12.8 Å². The largest absolute Gasteiger partial charge is 0.467 e. The number of nitrogens with two attached hydrogens (primary N) is 1. The van der Waals surface area contributed by atoms with Gasteiger partial charge in [0, 0.05) is 19.1 Å². The molecule has 1 heterocycles. The van der Waals surface area contributed by atoms with Crippen molar-refractivity contribution < 1.29 is 14.2 Å². The van der Waals surface area contributed by atoms with Gasteiger partial charge in [-0.3, -0.25) is 0 Å². The molecule has 1 aromatic rings. The molecule has 1 aliphatic rings. The van der Waals surface area contributed by atoms with Crippen LogP contribution in [0.3, 0.4) is 0 Å². The first-order valence-corrected chi connectivity index (χ1v) is 8.98. The normalized spacial score (nSPS) is 15.1. The smallest absolute Gasteiger partial charge is 0.322 e. The molecule has 2 rings (SSSR count). The van der Waals surface area contributed by atoms with E-state index in [2.05, 4.69) is 25.6 Å². The Morgan fingerprint density at radius 2 is 1.68 bits per heavy atom. The van der Waals surface area contributed by atoms with Crippen LogP contribution in [0, 0.1) is 0 Å². The van der Waals surface area contributed by atoms with Crippen molar-refractivity contribution in [1.29, 1.82) is 0 Å². The van der Waals surface area contributed by atoms with Crippen LogP contribution in [0.4, 0.5) is 11.9 Å². The lowest BCUT2D eigenvalue weighted by Gasteiger charge is -2.22. The van der Waals surface area contributed by atoms with E-state index >= 15 is 0 Å². The predicted molar refractivity (Wildman–Crippen MR) is 96.1 cm³/mol. The molecule has 0 atom stereocenters. The number of hydrogen-bond donors (Lipinski definition) is 3. The van der Waals surface area contributed by atoms with Crippen LogP contribution >= 0.6 is 0 Å². The third kappa shape index (κ3) is 7.80. The van der Waals surface area contributed by atoms with Gasteiger partial charge in [0.25, 0.3) is 0 Å². The lowest BCUT2D eigenvalue weighted by atomic mass is 9.96. The Labute approximate surface area is 149 Å². The number of nitrogens with one attached hydrogen (secondary N) is 2. The number of rotatable bonds is 12. The van der Waals surface area contributed by atoms with Crippen molar-refractivity contribution in [1.82, 2.24) is 15.0 Å². The molecule has 0 bridgehead atoms. The fourth-order valence-corrected chi connectivity index (χ4v) is 2.66. The highest BCUT2D eigenvalue weighted by Crippen LogP contribution is 2.21. The molecule has 4 N–H and O–H groups in total. The van der Waals surface area contributed by atoms with Gasteiger partial charge in [0.2, 0.25) is 11.9 Å². The van der Waals surface area contributed by atoms with Crippen molar-refractivity contribution >= 4 is 11.9 Å². The van der Waals surface area contributed by atoms with E-state index in [4.69, 9.17) is 19.9 Å². The van der Waals surface area contributed by atoms with Crippen LogP contribution in [-0.2, 0) is 9.47 Å². The van der Waals surface area contributed by atoms with E-state index in [-0.39, 0.29) is 0 Å². The van der Waals surface area contributed by atoms with E-state index in [1.807, 2.05) is 0 Å². The van der Waals surface area contributed by atoms with Crippen LogP contribution in [0.25, 0.3) is 0 Å². The van der Waals surface area contributed by atoms with Crippen molar-refractivity contribution in [3.05, 3.63) is 0 Å². The highest BCUT2D eigenvalue weighted by Gasteiger charge is 2.15. The molecule has 25 heavy (non-hydrogen) atoms. The molecule has 0 unspecified atom stereocenters. The molecular formula is C16H30N6O3. The van der Waals surface area contributed by atoms with Gasteiger partial charge in [-0.1, -0.05) is 19.3 Å². The second-order valence-corrected chi connectivity index (χ2v) is 5.89. The molecule has 0 aliphatic heterocycles. The van der Waals surface area contributed by atoms with Crippen LogP contribution in [-0.4, -0.2) is 67.6 Å². The lowest BCUT2D eigenvalue weighted by molar-refractivity contribution is 0.0547. The van der Waals surface area contributed by atoms with E-state index in [9.17, 15) is 0 Å². The standard InChI is InChI=1S/C16H30N6O3/c1-23-16-21-14(18-8-10-25-12-11-24-9-7-17)20-15(22-16)19-13-5-3-2-4-6-13/h13H,2-12,17H2,1H3,(H2,18,19,20,21,22). The third-order valence-corrected chi connectivity index (χ3v) is 3.90. The molecule has 9 heteroatoms. The number of anilines is 2. The molecule has 1 aliphatic carbocycles. The van der Waals surface area contributed by atoms with Gasteiger partial charge in [-0.25, -0.2) is 0 Å². The quantitative estimate of drug-likeness (QED) is 0.473. The fourth-order valence-electron chi connectivity index (χ4n) is 2.66. The fraction of sp³-hybridized carbons (Fsp3) is 0.812. The SMILES string of the molecule is COc1nc(NCCOCCOCCN)nc(NC2CCCCC2)n1. The number of methoxy groups -OCH3 is 1. The maximum atomic E-state index is 5.46. The summed E-state index contributed by atoms with van der Waals surface area (Å²) in [6.45, 7) is 3.30. The van der Waals surface area contributed by atoms with Crippen LogP contribution in [0.1, 0.15) is 32.1 Å². The first-order chi connectivity index (χ1) is 12.3. The lowest BCUT2D eigenvalue weighted by Crippen LogP contribution is -2.24. The Hall–Kier alpha value is -1.71. The van der Waals surface area contributed by atoms with E-state index in [1.165, 1.54) is 19.3 Å². The molecule has 1 saturated carbocycles. The van der Waals surface area contributed by atoms with Crippen LogP contribution < -0.4 is 21.1 Å². The highest BCUT2D eigenvalue weighted by atomic mass is 16.5. The summed E-state index contributed by atoms with van der Waals surface area (Å²) in [5, 5.41) is 6.52. The topological polar surface area (TPSA) is 116 Å². The van der Waals surface area contributed by atoms with Gasteiger partial charge in [-0.2, -0.15) is 15.0 Å². The summed E-state index contributed by atoms with van der Waals surface area (Å²) in [6, 6.07) is 0.720. The van der Waals surface area contributed by atoms with Gasteiger partial charge < -0.3 is 30.6 Å². The average Bonchev–Trinajstić information content (AvgIpc) is 2.64. The molecule has 0 aromatic carbocycles. The summed E-state index contributed by atoms with van der Waals surface area (Å²) >= 11 is 0. The van der Waals surface area contributed by atoms with E-state index in [0.29, 0.717) is 63.5 Å². The van der Waals surface area contributed by atoms with Gasteiger partial charge in [-0.15, -0.1) is 0 Å². The first-order valence-electron chi connectivity index (χ1n) is 8.98. The number of ether oxygens (including phenoxy) is 3. The molecule has 0 amide bonds. The zero-order chi connectivity index (χ0) is 17.7. The van der Waals surface area contributed by atoms with Crippen LogP contribution in [0.5, 0.6) is 6.01 Å². The van der Waals surface area contributed by atoms with Crippen molar-refractivity contribution in [3.8, 4) is 6.01 Å². The van der Waals surface area contributed by atoms with Crippen LogP contribution in [0.2, 0.25) is 0 Å². The number of aromatic nitrogens is 3. The number of hydrogen-bond acceptors (Lipinski definition) is 9. The second kappa shape index (κ2) is 11.8. The summed E-state index contributed by atoms with van der Waals surface area (Å²) in [6.07, 6.45) is 6.10.